The van der Waals surface area contributed by atoms with Gasteiger partial charge in [0, 0.05) is 12.6 Å². The minimum absolute atomic E-state index is 0.177. The third-order valence-electron chi connectivity index (χ3n) is 3.46. The molecule has 2 unspecified atom stereocenters. The topological polar surface area (TPSA) is 50.7 Å². The Hall–Kier alpha value is -1.26. The molecule has 0 aliphatic heterocycles. The zero-order valence-electron chi connectivity index (χ0n) is 13.1. The molecule has 0 radical (unpaired) electrons. The summed E-state index contributed by atoms with van der Waals surface area (Å²) in [4.78, 5) is 0. The fourth-order valence-corrected chi connectivity index (χ4v) is 1.54. The first-order valence-electron chi connectivity index (χ1n) is 7.01. The Balaban J connectivity index is 2.30. The van der Waals surface area contributed by atoms with Crippen molar-refractivity contribution in [2.75, 3.05) is 20.3 Å². The molecule has 0 aromatic heterocycles. The minimum atomic E-state index is -0.526. The molecule has 114 valence electrons. The summed E-state index contributed by atoms with van der Waals surface area (Å²) in [7, 11) is 1.63. The Morgan fingerprint density at radius 2 is 1.70 bits per heavy atom. The van der Waals surface area contributed by atoms with E-state index in [1.807, 2.05) is 24.3 Å². The lowest BCUT2D eigenvalue weighted by atomic mass is 9.88. The third-order valence-corrected chi connectivity index (χ3v) is 3.46. The van der Waals surface area contributed by atoms with Gasteiger partial charge in [-0.05, 0) is 36.6 Å². The van der Waals surface area contributed by atoms with Crippen LogP contribution in [0.2, 0.25) is 0 Å². The first-order valence-corrected chi connectivity index (χ1v) is 7.01. The lowest BCUT2D eigenvalue weighted by Crippen LogP contribution is -2.42. The van der Waals surface area contributed by atoms with E-state index in [4.69, 9.17) is 9.47 Å². The van der Waals surface area contributed by atoms with Crippen LogP contribution >= 0.6 is 0 Å². The van der Waals surface area contributed by atoms with Crippen LogP contribution in [0.4, 0.5) is 0 Å². The van der Waals surface area contributed by atoms with Gasteiger partial charge in [-0.1, -0.05) is 20.8 Å². The maximum atomic E-state index is 9.91. The van der Waals surface area contributed by atoms with Gasteiger partial charge in [0.1, 0.15) is 24.2 Å². The van der Waals surface area contributed by atoms with E-state index in [-0.39, 0.29) is 12.0 Å². The molecule has 0 saturated heterocycles. The number of aliphatic hydroxyl groups is 1. The van der Waals surface area contributed by atoms with Gasteiger partial charge >= 0.3 is 0 Å². The number of rotatable bonds is 7. The molecule has 0 aliphatic rings. The van der Waals surface area contributed by atoms with Crippen molar-refractivity contribution in [2.24, 2.45) is 5.41 Å². The highest BCUT2D eigenvalue weighted by Gasteiger charge is 2.20. The molecular weight excluding hydrogens is 254 g/mol. The number of aliphatic hydroxyl groups excluding tert-OH is 1. The largest absolute Gasteiger partial charge is 0.497 e. The smallest absolute Gasteiger partial charge is 0.119 e. The molecule has 0 aliphatic carbocycles. The summed E-state index contributed by atoms with van der Waals surface area (Å²) in [5.41, 5.74) is 0.177. The molecule has 2 atom stereocenters. The van der Waals surface area contributed by atoms with Crippen LogP contribution in [-0.2, 0) is 0 Å². The molecule has 0 spiro atoms. The Morgan fingerprint density at radius 3 is 2.20 bits per heavy atom. The van der Waals surface area contributed by atoms with Crippen LogP contribution in [0.15, 0.2) is 24.3 Å². The van der Waals surface area contributed by atoms with Gasteiger partial charge in [0.05, 0.1) is 7.11 Å². The highest BCUT2D eigenvalue weighted by atomic mass is 16.5. The first kappa shape index (κ1) is 16.8. The minimum Gasteiger partial charge on any atom is -0.497 e. The fourth-order valence-electron chi connectivity index (χ4n) is 1.54. The van der Waals surface area contributed by atoms with Crippen molar-refractivity contribution in [1.82, 2.24) is 5.32 Å². The molecule has 0 heterocycles. The van der Waals surface area contributed by atoms with E-state index in [2.05, 4.69) is 33.0 Å². The number of hydrogen-bond donors (Lipinski definition) is 2. The van der Waals surface area contributed by atoms with E-state index < -0.39 is 6.10 Å². The zero-order chi connectivity index (χ0) is 15.2. The quantitative estimate of drug-likeness (QED) is 0.806. The summed E-state index contributed by atoms with van der Waals surface area (Å²) >= 11 is 0. The average molecular weight is 281 g/mol. The lowest BCUT2D eigenvalue weighted by molar-refractivity contribution is 0.0986. The van der Waals surface area contributed by atoms with E-state index in [1.54, 1.807) is 7.11 Å². The van der Waals surface area contributed by atoms with Crippen LogP contribution in [0, 0.1) is 5.41 Å². The van der Waals surface area contributed by atoms with Gasteiger partial charge in [-0.25, -0.2) is 0 Å². The highest BCUT2D eigenvalue weighted by Crippen LogP contribution is 2.19. The van der Waals surface area contributed by atoms with Gasteiger partial charge < -0.3 is 19.9 Å². The van der Waals surface area contributed by atoms with E-state index in [0.29, 0.717) is 12.6 Å². The zero-order valence-corrected chi connectivity index (χ0v) is 13.1. The van der Waals surface area contributed by atoms with Crippen molar-refractivity contribution in [2.45, 2.75) is 39.8 Å². The highest BCUT2D eigenvalue weighted by molar-refractivity contribution is 5.31. The van der Waals surface area contributed by atoms with Crippen LogP contribution in [-0.4, -0.2) is 37.5 Å². The Kier molecular flexibility index (Phi) is 6.30. The molecule has 20 heavy (non-hydrogen) atoms. The first-order chi connectivity index (χ1) is 9.32. The van der Waals surface area contributed by atoms with Gasteiger partial charge in [0.15, 0.2) is 0 Å². The van der Waals surface area contributed by atoms with Crippen molar-refractivity contribution in [3.63, 3.8) is 0 Å². The van der Waals surface area contributed by atoms with Gasteiger partial charge in [-0.3, -0.25) is 0 Å². The molecule has 0 amide bonds. The second-order valence-corrected chi connectivity index (χ2v) is 6.14. The van der Waals surface area contributed by atoms with Crippen LogP contribution < -0.4 is 14.8 Å². The summed E-state index contributed by atoms with van der Waals surface area (Å²) < 4.78 is 10.6. The molecular formula is C16H27NO3. The van der Waals surface area contributed by atoms with Gasteiger partial charge in [0.25, 0.3) is 0 Å². The van der Waals surface area contributed by atoms with E-state index in [0.717, 1.165) is 11.5 Å². The van der Waals surface area contributed by atoms with Crippen molar-refractivity contribution < 1.29 is 14.6 Å². The Labute approximate surface area is 122 Å². The predicted octanol–water partition coefficient (Wildman–Crippen LogP) is 2.46. The maximum absolute atomic E-state index is 9.91. The van der Waals surface area contributed by atoms with Crippen LogP contribution in [0.1, 0.15) is 27.7 Å². The summed E-state index contributed by atoms with van der Waals surface area (Å²) in [5.74, 6) is 1.52. The summed E-state index contributed by atoms with van der Waals surface area (Å²) in [5, 5.41) is 13.2. The normalized spacial score (nSPS) is 14.7. The molecule has 0 saturated carbocycles. The summed E-state index contributed by atoms with van der Waals surface area (Å²) in [6.07, 6.45) is -0.526. The molecule has 4 nitrogen and oxygen atoms in total. The van der Waals surface area contributed by atoms with Crippen molar-refractivity contribution >= 4 is 0 Å². The molecule has 1 aromatic carbocycles. The molecule has 1 aromatic rings. The van der Waals surface area contributed by atoms with Gasteiger partial charge in [-0.2, -0.15) is 0 Å². The summed E-state index contributed by atoms with van der Waals surface area (Å²) in [6.45, 7) is 9.43. The average Bonchev–Trinajstić information content (AvgIpc) is 2.41. The van der Waals surface area contributed by atoms with Crippen LogP contribution in [0.3, 0.4) is 0 Å². The van der Waals surface area contributed by atoms with Crippen LogP contribution in [0.5, 0.6) is 11.5 Å². The molecule has 0 fully saturated rings. The predicted molar refractivity (Wildman–Crippen MR) is 81.4 cm³/mol. The third kappa shape index (κ3) is 5.80. The molecule has 2 N–H and O–H groups in total. The van der Waals surface area contributed by atoms with Gasteiger partial charge in [0.2, 0.25) is 0 Å². The molecule has 4 heteroatoms. The number of methoxy groups -OCH3 is 1. The standard InChI is InChI=1S/C16H27NO3/c1-12(16(2,3)4)17-10-13(18)11-20-15-8-6-14(19-5)7-9-15/h6-9,12-13,17-18H,10-11H2,1-5H3. The Bertz CT molecular complexity index is 384. The van der Waals surface area contributed by atoms with E-state index >= 15 is 0 Å². The second-order valence-electron chi connectivity index (χ2n) is 6.14. The molecule has 0 bridgehead atoms. The number of benzene rings is 1. The number of nitrogens with one attached hydrogen (secondary N) is 1. The number of hydrogen-bond acceptors (Lipinski definition) is 4. The summed E-state index contributed by atoms with van der Waals surface area (Å²) in [6, 6.07) is 7.66. The molecule has 1 rings (SSSR count). The van der Waals surface area contributed by atoms with Gasteiger partial charge in [-0.15, -0.1) is 0 Å². The van der Waals surface area contributed by atoms with Crippen molar-refractivity contribution in [3.05, 3.63) is 24.3 Å². The van der Waals surface area contributed by atoms with Crippen molar-refractivity contribution in [3.8, 4) is 11.5 Å². The Morgan fingerprint density at radius 1 is 1.15 bits per heavy atom. The monoisotopic (exact) mass is 281 g/mol. The second kappa shape index (κ2) is 7.50. The van der Waals surface area contributed by atoms with E-state index in [1.165, 1.54) is 0 Å². The van der Waals surface area contributed by atoms with E-state index in [9.17, 15) is 5.11 Å². The lowest BCUT2D eigenvalue weighted by Gasteiger charge is -2.29. The van der Waals surface area contributed by atoms with Crippen LogP contribution in [0.25, 0.3) is 0 Å². The maximum Gasteiger partial charge on any atom is 0.119 e. The number of ether oxygens (including phenoxy) is 2. The SMILES string of the molecule is COc1ccc(OCC(O)CNC(C)C(C)(C)C)cc1. The fraction of sp³-hybridized carbons (Fsp3) is 0.625. The van der Waals surface area contributed by atoms with Crippen molar-refractivity contribution in [1.29, 1.82) is 0 Å².